The molecule has 0 unspecified atom stereocenters. The summed E-state index contributed by atoms with van der Waals surface area (Å²) >= 11 is 0. The third-order valence-corrected chi connectivity index (χ3v) is 1.12. The lowest BCUT2D eigenvalue weighted by Crippen LogP contribution is -3.00. The van der Waals surface area contributed by atoms with Gasteiger partial charge in [0.1, 0.15) is 0 Å². The lowest BCUT2D eigenvalue weighted by molar-refractivity contribution is -0.00000215. The van der Waals surface area contributed by atoms with E-state index in [0.717, 1.165) is 5.56 Å². The first-order valence-corrected chi connectivity index (χ1v) is 2.74. The van der Waals surface area contributed by atoms with E-state index in [0.29, 0.717) is 5.69 Å². The van der Waals surface area contributed by atoms with E-state index in [-0.39, 0.29) is 12.4 Å². The van der Waals surface area contributed by atoms with Gasteiger partial charge in [-0.25, -0.2) is 0 Å². The van der Waals surface area contributed by atoms with E-state index in [1.165, 1.54) is 0 Å². The molecule has 1 aromatic rings. The van der Waals surface area contributed by atoms with Crippen molar-refractivity contribution >= 4 is 5.69 Å². The second kappa shape index (κ2) is 3.86. The fourth-order valence-corrected chi connectivity index (χ4v) is 0.690. The third kappa shape index (κ3) is 2.04. The van der Waals surface area contributed by atoms with Crippen LogP contribution in [0.3, 0.4) is 0 Å². The van der Waals surface area contributed by atoms with E-state index < -0.39 is 0 Å². The quantitative estimate of drug-likeness (QED) is 0.463. The number of diazo groups is 1. The van der Waals surface area contributed by atoms with Crippen molar-refractivity contribution in [3.63, 3.8) is 0 Å². The van der Waals surface area contributed by atoms with E-state index >= 15 is 0 Å². The fourth-order valence-electron chi connectivity index (χ4n) is 0.690. The molecule has 3 heteroatoms. The van der Waals surface area contributed by atoms with Crippen LogP contribution in [0.25, 0.3) is 4.98 Å². The summed E-state index contributed by atoms with van der Waals surface area (Å²) in [5.74, 6) is 0. The molecule has 0 radical (unpaired) electrons. The van der Waals surface area contributed by atoms with Gasteiger partial charge in [-0.3, -0.25) is 0 Å². The first-order valence-electron chi connectivity index (χ1n) is 2.74. The van der Waals surface area contributed by atoms with Crippen molar-refractivity contribution in [1.82, 2.24) is 0 Å². The molecule has 0 aliphatic rings. The molecule has 2 nitrogen and oxygen atoms in total. The molecule has 0 amide bonds. The SMILES string of the molecule is Cc1cccc([N+]#N)c1.[Cl-]. The second-order valence-corrected chi connectivity index (χ2v) is 1.94. The summed E-state index contributed by atoms with van der Waals surface area (Å²) < 4.78 is 0. The highest BCUT2D eigenvalue weighted by atomic mass is 35.5. The monoisotopic (exact) mass is 154 g/mol. The average Bonchev–Trinajstić information content (AvgIpc) is 1.88. The summed E-state index contributed by atoms with van der Waals surface area (Å²) in [6.45, 7) is 1.95. The topological polar surface area (TPSA) is 28.1 Å². The Kier molecular flexibility index (Phi) is 3.45. The average molecular weight is 155 g/mol. The van der Waals surface area contributed by atoms with Crippen molar-refractivity contribution in [3.05, 3.63) is 34.8 Å². The van der Waals surface area contributed by atoms with Crippen LogP contribution in [0.1, 0.15) is 5.56 Å². The van der Waals surface area contributed by atoms with Gasteiger partial charge in [0.25, 0.3) is 0 Å². The van der Waals surface area contributed by atoms with Crippen molar-refractivity contribution in [3.8, 4) is 0 Å². The van der Waals surface area contributed by atoms with Gasteiger partial charge in [-0.15, -0.1) is 0 Å². The predicted octanol–water partition coefficient (Wildman–Crippen LogP) is -0.516. The Hall–Kier alpha value is -1.07. The molecule has 0 aliphatic carbocycles. The summed E-state index contributed by atoms with van der Waals surface area (Å²) in [6, 6.07) is 7.35. The van der Waals surface area contributed by atoms with Crippen LogP contribution in [-0.4, -0.2) is 0 Å². The van der Waals surface area contributed by atoms with E-state index in [1.54, 1.807) is 12.1 Å². The molecule has 1 rings (SSSR count). The normalized spacial score (nSPS) is 7.60. The first-order chi connectivity index (χ1) is 4.33. The number of aryl methyl sites for hydroxylation is 1. The largest absolute Gasteiger partial charge is 1.00 e. The molecule has 1 aromatic carbocycles. The van der Waals surface area contributed by atoms with Crippen molar-refractivity contribution < 1.29 is 12.4 Å². The Labute approximate surface area is 65.9 Å². The van der Waals surface area contributed by atoms with Gasteiger partial charge in [-0.1, -0.05) is 12.1 Å². The minimum Gasteiger partial charge on any atom is -1.00 e. The molecule has 0 atom stereocenters. The number of benzene rings is 1. The molecular weight excluding hydrogens is 148 g/mol. The van der Waals surface area contributed by atoms with Gasteiger partial charge < -0.3 is 12.4 Å². The van der Waals surface area contributed by atoms with Crippen LogP contribution in [0, 0.1) is 12.3 Å². The molecule has 0 saturated carbocycles. The van der Waals surface area contributed by atoms with Gasteiger partial charge in [0.05, 0.1) is 0 Å². The van der Waals surface area contributed by atoms with Gasteiger partial charge >= 0.3 is 5.69 Å². The van der Waals surface area contributed by atoms with Crippen molar-refractivity contribution in [1.29, 1.82) is 5.39 Å². The maximum Gasteiger partial charge on any atom is 0.385 e. The number of hydrogen-bond donors (Lipinski definition) is 0. The summed E-state index contributed by atoms with van der Waals surface area (Å²) in [6.07, 6.45) is 0. The van der Waals surface area contributed by atoms with Gasteiger partial charge in [-0.05, 0) is 12.5 Å². The van der Waals surface area contributed by atoms with Gasteiger partial charge in [0.15, 0.2) is 4.98 Å². The second-order valence-electron chi connectivity index (χ2n) is 1.94. The first kappa shape index (κ1) is 8.93. The Balaban J connectivity index is 0.000000810. The maximum atomic E-state index is 8.29. The Morgan fingerprint density at radius 3 is 2.50 bits per heavy atom. The number of halogens is 1. The van der Waals surface area contributed by atoms with Crippen LogP contribution in [0.4, 0.5) is 5.69 Å². The van der Waals surface area contributed by atoms with Crippen LogP contribution in [0.15, 0.2) is 24.3 Å². The standard InChI is InChI=1S/C7H7N2.ClH/c1-6-3-2-4-7(5-6)9-8;/h2-5H,1H3;1H/q+1;/p-1. The number of hydrogen-bond acceptors (Lipinski definition) is 1. The zero-order valence-electron chi connectivity index (χ0n) is 5.58. The molecule has 0 heterocycles. The molecule has 10 heavy (non-hydrogen) atoms. The van der Waals surface area contributed by atoms with E-state index in [9.17, 15) is 0 Å². The number of rotatable bonds is 0. The van der Waals surface area contributed by atoms with Gasteiger partial charge in [0, 0.05) is 12.1 Å². The summed E-state index contributed by atoms with van der Waals surface area (Å²) in [4.78, 5) is 3.03. The van der Waals surface area contributed by atoms with Crippen LogP contribution in [0.2, 0.25) is 0 Å². The van der Waals surface area contributed by atoms with Crippen LogP contribution in [-0.2, 0) is 0 Å². The molecule has 0 fully saturated rings. The Bertz CT molecular complexity index is 252. The highest BCUT2D eigenvalue weighted by Gasteiger charge is 1.99. The van der Waals surface area contributed by atoms with Crippen molar-refractivity contribution in [2.45, 2.75) is 6.92 Å². The highest BCUT2D eigenvalue weighted by Crippen LogP contribution is 2.11. The van der Waals surface area contributed by atoms with Gasteiger partial charge in [0.2, 0.25) is 5.39 Å². The van der Waals surface area contributed by atoms with E-state index in [4.69, 9.17) is 5.39 Å². The lowest BCUT2D eigenvalue weighted by atomic mass is 10.2. The predicted molar refractivity (Wildman–Crippen MR) is 35.9 cm³/mol. The zero-order chi connectivity index (χ0) is 6.69. The summed E-state index contributed by atoms with van der Waals surface area (Å²) in [5.41, 5.74) is 1.71. The molecule has 0 aromatic heterocycles. The fraction of sp³-hybridized carbons (Fsp3) is 0.143. The summed E-state index contributed by atoms with van der Waals surface area (Å²) in [7, 11) is 0. The third-order valence-electron chi connectivity index (χ3n) is 1.12. The zero-order valence-corrected chi connectivity index (χ0v) is 6.34. The van der Waals surface area contributed by atoms with Crippen LogP contribution < -0.4 is 12.4 Å². The molecule has 0 bridgehead atoms. The Morgan fingerprint density at radius 2 is 2.10 bits per heavy atom. The van der Waals surface area contributed by atoms with Gasteiger partial charge in [-0.2, -0.15) is 0 Å². The maximum absolute atomic E-state index is 8.29. The molecule has 0 aliphatic heterocycles. The van der Waals surface area contributed by atoms with Crippen LogP contribution in [0.5, 0.6) is 0 Å². The molecular formula is C7H7ClN2. The minimum atomic E-state index is 0. The molecule has 0 N–H and O–H groups in total. The summed E-state index contributed by atoms with van der Waals surface area (Å²) in [5, 5.41) is 8.29. The van der Waals surface area contributed by atoms with E-state index in [2.05, 4.69) is 4.98 Å². The van der Waals surface area contributed by atoms with Crippen molar-refractivity contribution in [2.75, 3.05) is 0 Å². The van der Waals surface area contributed by atoms with Crippen molar-refractivity contribution in [2.24, 2.45) is 0 Å². The van der Waals surface area contributed by atoms with E-state index in [1.807, 2.05) is 19.1 Å². The molecule has 0 saturated heterocycles. The van der Waals surface area contributed by atoms with Crippen LogP contribution >= 0.6 is 0 Å². The Morgan fingerprint density at radius 1 is 1.40 bits per heavy atom. The lowest BCUT2D eigenvalue weighted by Gasteiger charge is -1.81. The number of nitrogens with zero attached hydrogens (tertiary/aromatic N) is 2. The smallest absolute Gasteiger partial charge is 0.385 e. The highest BCUT2D eigenvalue weighted by molar-refractivity contribution is 5.45. The minimum absolute atomic E-state index is 0. The molecule has 0 spiro atoms. The molecule has 52 valence electrons.